The van der Waals surface area contributed by atoms with E-state index in [1.165, 1.54) is 0 Å². The Labute approximate surface area is 166 Å². The van der Waals surface area contributed by atoms with Crippen LogP contribution in [0.25, 0.3) is 0 Å². The normalized spacial score (nSPS) is 17.4. The molecule has 3 rings (SSSR count). The molecule has 152 valence electrons. The molecule has 0 unspecified atom stereocenters. The van der Waals surface area contributed by atoms with Gasteiger partial charge >= 0.3 is 6.03 Å². The first-order valence-electron chi connectivity index (χ1n) is 10.1. The highest BCUT2D eigenvalue weighted by atomic mass is 16.2. The van der Waals surface area contributed by atoms with Gasteiger partial charge in [0.05, 0.1) is 0 Å². The first-order chi connectivity index (χ1) is 13.3. The monoisotopic (exact) mass is 386 g/mol. The van der Waals surface area contributed by atoms with Crippen LogP contribution in [0.15, 0.2) is 18.2 Å². The SMILES string of the molecule is Cc1ccc(C(=O)NC2CC2)cc1NC(=O)NC1CCN(C(=O)C(C)C)CC1. The van der Waals surface area contributed by atoms with Crippen LogP contribution in [0, 0.1) is 12.8 Å². The lowest BCUT2D eigenvalue weighted by Crippen LogP contribution is -2.48. The molecule has 3 N–H and O–H groups in total. The maximum atomic E-state index is 12.4. The smallest absolute Gasteiger partial charge is 0.319 e. The summed E-state index contributed by atoms with van der Waals surface area (Å²) in [7, 11) is 0. The Morgan fingerprint density at radius 2 is 1.64 bits per heavy atom. The van der Waals surface area contributed by atoms with Gasteiger partial charge in [-0.05, 0) is 50.3 Å². The van der Waals surface area contributed by atoms with Crippen LogP contribution in [0.4, 0.5) is 10.5 Å². The third kappa shape index (κ3) is 5.24. The average Bonchev–Trinajstić information content (AvgIpc) is 3.47. The quantitative estimate of drug-likeness (QED) is 0.727. The second-order valence-corrected chi connectivity index (χ2v) is 8.13. The van der Waals surface area contributed by atoms with Crippen molar-refractivity contribution in [2.45, 2.75) is 58.5 Å². The molecule has 28 heavy (non-hydrogen) atoms. The van der Waals surface area contributed by atoms with E-state index in [4.69, 9.17) is 0 Å². The zero-order chi connectivity index (χ0) is 20.3. The fraction of sp³-hybridized carbons (Fsp3) is 0.571. The highest BCUT2D eigenvalue weighted by molar-refractivity contribution is 5.97. The highest BCUT2D eigenvalue weighted by Gasteiger charge is 2.26. The van der Waals surface area contributed by atoms with Gasteiger partial charge in [0, 0.05) is 42.3 Å². The zero-order valence-corrected chi connectivity index (χ0v) is 16.9. The fourth-order valence-corrected chi connectivity index (χ4v) is 3.35. The van der Waals surface area contributed by atoms with Gasteiger partial charge in [-0.1, -0.05) is 19.9 Å². The Kier molecular flexibility index (Phi) is 6.21. The number of carbonyl (C=O) groups excluding carboxylic acids is 3. The number of benzene rings is 1. The van der Waals surface area contributed by atoms with E-state index >= 15 is 0 Å². The molecule has 1 aliphatic heterocycles. The first kappa shape index (κ1) is 20.2. The van der Waals surface area contributed by atoms with Gasteiger partial charge in [0.25, 0.3) is 5.91 Å². The number of nitrogens with zero attached hydrogens (tertiary/aromatic N) is 1. The number of nitrogens with one attached hydrogen (secondary N) is 3. The highest BCUT2D eigenvalue weighted by Crippen LogP contribution is 2.21. The lowest BCUT2D eigenvalue weighted by Gasteiger charge is -2.33. The molecule has 1 aromatic carbocycles. The summed E-state index contributed by atoms with van der Waals surface area (Å²) in [5, 5.41) is 8.81. The predicted molar refractivity (Wildman–Crippen MR) is 108 cm³/mol. The maximum absolute atomic E-state index is 12.4. The zero-order valence-electron chi connectivity index (χ0n) is 16.9. The number of hydrogen-bond donors (Lipinski definition) is 3. The number of rotatable bonds is 5. The summed E-state index contributed by atoms with van der Waals surface area (Å²) < 4.78 is 0. The molecule has 1 saturated carbocycles. The van der Waals surface area contributed by atoms with E-state index in [0.29, 0.717) is 30.4 Å². The molecule has 0 radical (unpaired) electrons. The number of urea groups is 1. The van der Waals surface area contributed by atoms with Crippen LogP contribution < -0.4 is 16.0 Å². The Morgan fingerprint density at radius 1 is 1.00 bits per heavy atom. The molecule has 2 aliphatic rings. The van der Waals surface area contributed by atoms with Gasteiger partial charge in [0.2, 0.25) is 5.91 Å². The topological polar surface area (TPSA) is 90.5 Å². The number of carbonyl (C=O) groups is 3. The second-order valence-electron chi connectivity index (χ2n) is 8.13. The molecule has 0 spiro atoms. The Balaban J connectivity index is 1.52. The molecule has 0 bridgehead atoms. The van der Waals surface area contributed by atoms with Gasteiger partial charge in [-0.2, -0.15) is 0 Å². The summed E-state index contributed by atoms with van der Waals surface area (Å²) in [6, 6.07) is 5.39. The Bertz CT molecular complexity index is 750. The molecule has 0 atom stereocenters. The van der Waals surface area contributed by atoms with Crippen LogP contribution in [-0.4, -0.2) is 47.9 Å². The second kappa shape index (κ2) is 8.63. The molecule has 1 aromatic rings. The first-order valence-corrected chi connectivity index (χ1v) is 10.1. The van der Waals surface area contributed by atoms with E-state index in [2.05, 4.69) is 16.0 Å². The number of likely N-dealkylation sites (tertiary alicyclic amines) is 1. The van der Waals surface area contributed by atoms with Crippen molar-refractivity contribution in [2.75, 3.05) is 18.4 Å². The third-order valence-corrected chi connectivity index (χ3v) is 5.30. The van der Waals surface area contributed by atoms with Crippen LogP contribution >= 0.6 is 0 Å². The number of hydrogen-bond acceptors (Lipinski definition) is 3. The van der Waals surface area contributed by atoms with Crippen LogP contribution in [0.2, 0.25) is 0 Å². The Morgan fingerprint density at radius 3 is 2.25 bits per heavy atom. The molecule has 1 aliphatic carbocycles. The molecular formula is C21H30N4O3. The van der Waals surface area contributed by atoms with E-state index in [9.17, 15) is 14.4 Å². The minimum atomic E-state index is -0.281. The summed E-state index contributed by atoms with van der Waals surface area (Å²) >= 11 is 0. The molecular weight excluding hydrogens is 356 g/mol. The number of amides is 4. The van der Waals surface area contributed by atoms with E-state index in [1.54, 1.807) is 12.1 Å². The van der Waals surface area contributed by atoms with Gasteiger partial charge in [-0.3, -0.25) is 9.59 Å². The van der Waals surface area contributed by atoms with Crippen LogP contribution in [0.3, 0.4) is 0 Å². The van der Waals surface area contributed by atoms with Crippen molar-refractivity contribution in [3.63, 3.8) is 0 Å². The number of anilines is 1. The molecule has 7 nitrogen and oxygen atoms in total. The summed E-state index contributed by atoms with van der Waals surface area (Å²) in [6.07, 6.45) is 3.56. The minimum absolute atomic E-state index is 0.000161. The van der Waals surface area contributed by atoms with E-state index < -0.39 is 0 Å². The molecule has 1 heterocycles. The van der Waals surface area contributed by atoms with E-state index in [-0.39, 0.29) is 29.8 Å². The van der Waals surface area contributed by atoms with Gasteiger partial charge in [0.15, 0.2) is 0 Å². The largest absolute Gasteiger partial charge is 0.349 e. The molecule has 4 amide bonds. The molecule has 7 heteroatoms. The fourth-order valence-electron chi connectivity index (χ4n) is 3.35. The van der Waals surface area contributed by atoms with Gasteiger partial charge < -0.3 is 20.9 Å². The molecule has 1 saturated heterocycles. The minimum Gasteiger partial charge on any atom is -0.349 e. The van der Waals surface area contributed by atoms with Gasteiger partial charge in [-0.15, -0.1) is 0 Å². The van der Waals surface area contributed by atoms with E-state index in [0.717, 1.165) is 31.2 Å². The summed E-state index contributed by atoms with van der Waals surface area (Å²) in [6.45, 7) is 7.03. The molecule has 0 aromatic heterocycles. The van der Waals surface area contributed by atoms with Crippen LogP contribution in [-0.2, 0) is 4.79 Å². The van der Waals surface area contributed by atoms with Crippen molar-refractivity contribution in [1.82, 2.24) is 15.5 Å². The Hall–Kier alpha value is -2.57. The van der Waals surface area contributed by atoms with Gasteiger partial charge in [-0.25, -0.2) is 4.79 Å². The summed E-state index contributed by atoms with van der Waals surface area (Å²) in [5.41, 5.74) is 2.08. The maximum Gasteiger partial charge on any atom is 0.319 e. The lowest BCUT2D eigenvalue weighted by molar-refractivity contribution is -0.135. The van der Waals surface area contributed by atoms with Crippen molar-refractivity contribution in [2.24, 2.45) is 5.92 Å². The third-order valence-electron chi connectivity index (χ3n) is 5.30. The van der Waals surface area contributed by atoms with Crippen molar-refractivity contribution in [1.29, 1.82) is 0 Å². The standard InChI is InChI=1S/C21H30N4O3/c1-13(2)20(27)25-10-8-17(9-11-25)23-21(28)24-18-12-15(5-4-14(18)3)19(26)22-16-6-7-16/h4-5,12-13,16-17H,6-11H2,1-3H3,(H,22,26)(H2,23,24,28). The van der Waals surface area contributed by atoms with Crippen molar-refractivity contribution >= 4 is 23.5 Å². The summed E-state index contributed by atoms with van der Waals surface area (Å²) in [5.74, 6) is 0.0631. The van der Waals surface area contributed by atoms with Crippen molar-refractivity contribution in [3.8, 4) is 0 Å². The molecule has 2 fully saturated rings. The average molecular weight is 386 g/mol. The lowest BCUT2D eigenvalue weighted by atomic mass is 10.0. The predicted octanol–water partition coefficient (Wildman–Crippen LogP) is 2.66. The van der Waals surface area contributed by atoms with Crippen molar-refractivity contribution < 1.29 is 14.4 Å². The summed E-state index contributed by atoms with van der Waals surface area (Å²) in [4.78, 5) is 38.6. The van der Waals surface area contributed by atoms with E-state index in [1.807, 2.05) is 31.7 Å². The number of aryl methyl sites for hydroxylation is 1. The van der Waals surface area contributed by atoms with Crippen LogP contribution in [0.5, 0.6) is 0 Å². The van der Waals surface area contributed by atoms with Crippen molar-refractivity contribution in [3.05, 3.63) is 29.3 Å². The number of piperidine rings is 1. The van der Waals surface area contributed by atoms with Crippen LogP contribution in [0.1, 0.15) is 55.5 Å². The van der Waals surface area contributed by atoms with Gasteiger partial charge in [0.1, 0.15) is 0 Å².